The largest absolute Gasteiger partial charge is 0.309 e. The molecule has 1 N–H and O–H groups in total. The number of rotatable bonds is 5. The first-order valence-corrected chi connectivity index (χ1v) is 7.83. The van der Waals surface area contributed by atoms with Crippen molar-refractivity contribution in [3.8, 4) is 0 Å². The van der Waals surface area contributed by atoms with E-state index in [9.17, 15) is 0 Å². The number of halogens is 1. The summed E-state index contributed by atoms with van der Waals surface area (Å²) in [6, 6.07) is 19.5. The molecule has 0 fully saturated rings. The maximum atomic E-state index is 3.64. The third-order valence-corrected chi connectivity index (χ3v) is 4.25. The van der Waals surface area contributed by atoms with Gasteiger partial charge in [-0.2, -0.15) is 0 Å². The van der Waals surface area contributed by atoms with Gasteiger partial charge in [-0.1, -0.05) is 72.2 Å². The fraction of sp³-hybridized carbons (Fsp3) is 0.333. The van der Waals surface area contributed by atoms with Crippen molar-refractivity contribution >= 4 is 15.9 Å². The number of hydrogen-bond donors (Lipinski definition) is 1. The summed E-state index contributed by atoms with van der Waals surface area (Å²) in [6.07, 6.45) is 0. The Balaban J connectivity index is 2.01. The minimum Gasteiger partial charge on any atom is -0.309 e. The summed E-state index contributed by atoms with van der Waals surface area (Å²) in [5.74, 6) is 0. The Labute approximate surface area is 130 Å². The molecule has 2 aromatic rings. The van der Waals surface area contributed by atoms with Crippen molar-refractivity contribution in [1.29, 1.82) is 0 Å². The van der Waals surface area contributed by atoms with Crippen molar-refractivity contribution in [3.05, 3.63) is 70.2 Å². The zero-order valence-corrected chi connectivity index (χ0v) is 13.9. The lowest BCUT2D eigenvalue weighted by molar-refractivity contribution is 0.435. The van der Waals surface area contributed by atoms with E-state index in [1.165, 1.54) is 11.1 Å². The van der Waals surface area contributed by atoms with Gasteiger partial charge in [-0.15, -0.1) is 0 Å². The fourth-order valence-corrected chi connectivity index (χ4v) is 2.71. The molecule has 0 aliphatic heterocycles. The highest BCUT2D eigenvalue weighted by Gasteiger charge is 2.21. The second-order valence-corrected chi connectivity index (χ2v) is 6.82. The van der Waals surface area contributed by atoms with E-state index in [1.54, 1.807) is 0 Å². The van der Waals surface area contributed by atoms with Gasteiger partial charge < -0.3 is 5.32 Å². The predicted octanol–water partition coefficient (Wildman–Crippen LogP) is 5.08. The maximum Gasteiger partial charge on any atom is 0.0292 e. The molecule has 0 amide bonds. The van der Waals surface area contributed by atoms with E-state index in [0.29, 0.717) is 6.04 Å². The monoisotopic (exact) mass is 331 g/mol. The molecule has 0 bridgehead atoms. The lowest BCUT2D eigenvalue weighted by Crippen LogP contribution is -2.34. The van der Waals surface area contributed by atoms with Crippen LogP contribution in [0.15, 0.2) is 59.1 Å². The molecular weight excluding hydrogens is 310 g/mol. The maximum absolute atomic E-state index is 3.64. The summed E-state index contributed by atoms with van der Waals surface area (Å²) in [5, 5.41) is 3.64. The fourth-order valence-electron chi connectivity index (χ4n) is 2.29. The van der Waals surface area contributed by atoms with E-state index in [1.807, 2.05) is 0 Å². The van der Waals surface area contributed by atoms with E-state index in [2.05, 4.69) is 96.6 Å². The Morgan fingerprint density at radius 2 is 1.75 bits per heavy atom. The molecule has 0 aliphatic rings. The van der Waals surface area contributed by atoms with Crippen molar-refractivity contribution in [2.24, 2.45) is 0 Å². The van der Waals surface area contributed by atoms with E-state index >= 15 is 0 Å². The van der Waals surface area contributed by atoms with Crippen LogP contribution in [0.3, 0.4) is 0 Å². The number of hydrogen-bond acceptors (Lipinski definition) is 1. The normalized spacial score (nSPS) is 13.2. The summed E-state index contributed by atoms with van der Waals surface area (Å²) in [7, 11) is 0. The Kier molecular flexibility index (Phi) is 5.00. The smallest absolute Gasteiger partial charge is 0.0292 e. The van der Waals surface area contributed by atoms with Crippen LogP contribution in [0.25, 0.3) is 0 Å². The van der Waals surface area contributed by atoms with Gasteiger partial charge in [0.05, 0.1) is 0 Å². The van der Waals surface area contributed by atoms with Crippen LogP contribution in [0.5, 0.6) is 0 Å². The third kappa shape index (κ3) is 3.94. The molecule has 106 valence electrons. The first-order chi connectivity index (χ1) is 9.49. The first-order valence-electron chi connectivity index (χ1n) is 7.03. The molecule has 0 radical (unpaired) electrons. The summed E-state index contributed by atoms with van der Waals surface area (Å²) in [6.45, 7) is 7.72. The van der Waals surface area contributed by atoms with Crippen molar-refractivity contribution in [2.75, 3.05) is 6.54 Å². The van der Waals surface area contributed by atoms with Crippen molar-refractivity contribution in [3.63, 3.8) is 0 Å². The van der Waals surface area contributed by atoms with E-state index < -0.39 is 0 Å². The van der Waals surface area contributed by atoms with Gasteiger partial charge in [-0.05, 0) is 30.2 Å². The SMILES string of the molecule is CC(NCC(C)(C)c1ccccc1)c1cccc(Br)c1. The van der Waals surface area contributed by atoms with Gasteiger partial charge in [0.2, 0.25) is 0 Å². The van der Waals surface area contributed by atoms with Crippen molar-refractivity contribution < 1.29 is 0 Å². The molecule has 1 atom stereocenters. The van der Waals surface area contributed by atoms with E-state index in [-0.39, 0.29) is 5.41 Å². The highest BCUT2D eigenvalue weighted by Crippen LogP contribution is 2.24. The minimum atomic E-state index is 0.127. The molecular formula is C18H22BrN. The number of benzene rings is 2. The third-order valence-electron chi connectivity index (χ3n) is 3.75. The molecule has 0 spiro atoms. The molecule has 0 aliphatic carbocycles. The summed E-state index contributed by atoms with van der Waals surface area (Å²) in [5.41, 5.74) is 2.80. The van der Waals surface area contributed by atoms with Gasteiger partial charge in [0.15, 0.2) is 0 Å². The van der Waals surface area contributed by atoms with Gasteiger partial charge in [-0.3, -0.25) is 0 Å². The van der Waals surface area contributed by atoms with Gasteiger partial charge in [0, 0.05) is 22.5 Å². The van der Waals surface area contributed by atoms with Gasteiger partial charge >= 0.3 is 0 Å². The van der Waals surface area contributed by atoms with Crippen molar-refractivity contribution in [1.82, 2.24) is 5.32 Å². The molecule has 1 nitrogen and oxygen atoms in total. The molecule has 0 aromatic heterocycles. The van der Waals surface area contributed by atoms with Crippen LogP contribution in [0.1, 0.15) is 37.9 Å². The van der Waals surface area contributed by atoms with Gasteiger partial charge in [-0.25, -0.2) is 0 Å². The van der Waals surface area contributed by atoms with Crippen LogP contribution in [0, 0.1) is 0 Å². The molecule has 2 rings (SSSR count). The van der Waals surface area contributed by atoms with Crippen LogP contribution in [0.4, 0.5) is 0 Å². The highest BCUT2D eigenvalue weighted by molar-refractivity contribution is 9.10. The lowest BCUT2D eigenvalue weighted by Gasteiger charge is -2.28. The molecule has 2 aromatic carbocycles. The average molecular weight is 332 g/mol. The number of nitrogens with one attached hydrogen (secondary N) is 1. The lowest BCUT2D eigenvalue weighted by atomic mass is 9.84. The highest BCUT2D eigenvalue weighted by atomic mass is 79.9. The molecule has 2 heteroatoms. The van der Waals surface area contributed by atoms with Gasteiger partial charge in [0.1, 0.15) is 0 Å². The van der Waals surface area contributed by atoms with Gasteiger partial charge in [0.25, 0.3) is 0 Å². The summed E-state index contributed by atoms with van der Waals surface area (Å²) < 4.78 is 1.13. The quantitative estimate of drug-likeness (QED) is 0.805. The second kappa shape index (κ2) is 6.55. The zero-order chi connectivity index (χ0) is 14.6. The minimum absolute atomic E-state index is 0.127. The van der Waals surface area contributed by atoms with Crippen LogP contribution < -0.4 is 5.32 Å². The Morgan fingerprint density at radius 1 is 1.05 bits per heavy atom. The molecule has 20 heavy (non-hydrogen) atoms. The van der Waals surface area contributed by atoms with E-state index in [0.717, 1.165) is 11.0 Å². The molecule has 0 heterocycles. The van der Waals surface area contributed by atoms with E-state index in [4.69, 9.17) is 0 Å². The summed E-state index contributed by atoms with van der Waals surface area (Å²) in [4.78, 5) is 0. The topological polar surface area (TPSA) is 12.0 Å². The first kappa shape index (κ1) is 15.3. The predicted molar refractivity (Wildman–Crippen MR) is 90.0 cm³/mol. The van der Waals surface area contributed by atoms with Crippen molar-refractivity contribution in [2.45, 2.75) is 32.2 Å². The Morgan fingerprint density at radius 3 is 2.40 bits per heavy atom. The summed E-state index contributed by atoms with van der Waals surface area (Å²) >= 11 is 3.53. The zero-order valence-electron chi connectivity index (χ0n) is 12.4. The molecule has 0 saturated carbocycles. The van der Waals surface area contributed by atoms with Crippen LogP contribution in [-0.4, -0.2) is 6.54 Å². The Bertz CT molecular complexity index is 548. The average Bonchev–Trinajstić information content (AvgIpc) is 2.46. The Hall–Kier alpha value is -1.12. The van der Waals surface area contributed by atoms with Crippen LogP contribution >= 0.6 is 15.9 Å². The molecule has 0 saturated heterocycles. The van der Waals surface area contributed by atoms with Crippen LogP contribution in [0.2, 0.25) is 0 Å². The van der Waals surface area contributed by atoms with Crippen LogP contribution in [-0.2, 0) is 5.41 Å². The standard InChI is InChI=1S/C18H22BrN/c1-14(15-8-7-11-17(19)12-15)20-13-18(2,3)16-9-5-4-6-10-16/h4-12,14,20H,13H2,1-3H3. The molecule has 1 unspecified atom stereocenters. The second-order valence-electron chi connectivity index (χ2n) is 5.91.